The maximum absolute atomic E-state index is 5.65. The van der Waals surface area contributed by atoms with E-state index >= 15 is 0 Å². The average molecular weight is 261 g/mol. The Labute approximate surface area is 101 Å². The first kappa shape index (κ1) is 11.0. The SMILES string of the molecule is Clc1nnc(COCCc2cccs2)s1. The highest BCUT2D eigenvalue weighted by Gasteiger charge is 2.01. The number of nitrogens with zero attached hydrogens (tertiary/aromatic N) is 2. The van der Waals surface area contributed by atoms with E-state index in [1.165, 1.54) is 16.2 Å². The van der Waals surface area contributed by atoms with Crippen molar-refractivity contribution < 1.29 is 4.74 Å². The van der Waals surface area contributed by atoms with Crippen LogP contribution in [0.1, 0.15) is 9.88 Å². The summed E-state index contributed by atoms with van der Waals surface area (Å²) in [6, 6.07) is 4.15. The van der Waals surface area contributed by atoms with Crippen LogP contribution in [-0.4, -0.2) is 16.8 Å². The second kappa shape index (κ2) is 5.55. The quantitative estimate of drug-likeness (QED) is 0.775. The number of hydrogen-bond acceptors (Lipinski definition) is 5. The third-order valence-electron chi connectivity index (χ3n) is 1.74. The standard InChI is InChI=1S/C9H9ClN2OS2/c10-9-12-11-8(15-9)6-13-4-3-7-2-1-5-14-7/h1-2,5H,3-4,6H2. The summed E-state index contributed by atoms with van der Waals surface area (Å²) in [4.78, 5) is 1.34. The Morgan fingerprint density at radius 1 is 1.40 bits per heavy atom. The van der Waals surface area contributed by atoms with Crippen molar-refractivity contribution in [3.05, 3.63) is 31.9 Å². The summed E-state index contributed by atoms with van der Waals surface area (Å²) in [5.41, 5.74) is 0. The van der Waals surface area contributed by atoms with Crippen molar-refractivity contribution in [2.45, 2.75) is 13.0 Å². The summed E-state index contributed by atoms with van der Waals surface area (Å²) in [5.74, 6) is 0. The number of halogens is 1. The fourth-order valence-electron chi connectivity index (χ4n) is 1.08. The van der Waals surface area contributed by atoms with Crippen molar-refractivity contribution in [3.8, 4) is 0 Å². The van der Waals surface area contributed by atoms with Crippen LogP contribution in [0.2, 0.25) is 4.47 Å². The molecular formula is C9H9ClN2OS2. The molecule has 2 rings (SSSR count). The first-order valence-electron chi connectivity index (χ1n) is 4.42. The van der Waals surface area contributed by atoms with Gasteiger partial charge in [-0.2, -0.15) is 0 Å². The van der Waals surface area contributed by atoms with Crippen molar-refractivity contribution in [2.24, 2.45) is 0 Å². The molecule has 0 saturated carbocycles. The third-order valence-corrected chi connectivity index (χ3v) is 3.67. The zero-order valence-electron chi connectivity index (χ0n) is 7.85. The maximum Gasteiger partial charge on any atom is 0.207 e. The molecule has 0 radical (unpaired) electrons. The van der Waals surface area contributed by atoms with Gasteiger partial charge in [-0.1, -0.05) is 17.4 Å². The number of ether oxygens (including phenoxy) is 1. The highest BCUT2D eigenvalue weighted by molar-refractivity contribution is 7.15. The van der Waals surface area contributed by atoms with Crippen LogP contribution in [0.5, 0.6) is 0 Å². The van der Waals surface area contributed by atoms with Gasteiger partial charge in [0.05, 0.1) is 6.61 Å². The minimum Gasteiger partial charge on any atom is -0.374 e. The predicted molar refractivity (Wildman–Crippen MR) is 62.6 cm³/mol. The molecule has 0 atom stereocenters. The molecule has 0 spiro atoms. The maximum atomic E-state index is 5.65. The van der Waals surface area contributed by atoms with E-state index < -0.39 is 0 Å². The summed E-state index contributed by atoms with van der Waals surface area (Å²) >= 11 is 8.75. The van der Waals surface area contributed by atoms with Crippen molar-refractivity contribution in [3.63, 3.8) is 0 Å². The predicted octanol–water partition coefficient (Wildman–Crippen LogP) is 3.01. The molecule has 2 heterocycles. The van der Waals surface area contributed by atoms with E-state index in [1.54, 1.807) is 11.3 Å². The summed E-state index contributed by atoms with van der Waals surface area (Å²) in [6.45, 7) is 1.20. The van der Waals surface area contributed by atoms with E-state index in [4.69, 9.17) is 16.3 Å². The molecule has 0 aliphatic rings. The first-order chi connectivity index (χ1) is 7.34. The Hall–Kier alpha value is -0.490. The number of aromatic nitrogens is 2. The lowest BCUT2D eigenvalue weighted by Gasteiger charge is -1.99. The van der Waals surface area contributed by atoms with Gasteiger partial charge in [0.15, 0.2) is 0 Å². The second-order valence-corrected chi connectivity index (χ2v) is 5.51. The van der Waals surface area contributed by atoms with Gasteiger partial charge in [0.1, 0.15) is 11.6 Å². The van der Waals surface area contributed by atoms with Gasteiger partial charge in [-0.05, 0) is 23.0 Å². The van der Waals surface area contributed by atoms with Crippen LogP contribution in [0.25, 0.3) is 0 Å². The molecule has 0 aliphatic carbocycles. The average Bonchev–Trinajstić information content (AvgIpc) is 2.84. The summed E-state index contributed by atoms with van der Waals surface area (Å²) in [6.07, 6.45) is 0.949. The van der Waals surface area contributed by atoms with Crippen LogP contribution in [0.3, 0.4) is 0 Å². The Morgan fingerprint density at radius 3 is 3.00 bits per heavy atom. The fraction of sp³-hybridized carbons (Fsp3) is 0.333. The van der Waals surface area contributed by atoms with E-state index in [1.807, 2.05) is 6.07 Å². The number of thiophene rings is 1. The normalized spacial score (nSPS) is 10.7. The molecule has 0 fully saturated rings. The van der Waals surface area contributed by atoms with E-state index in [0.29, 0.717) is 17.7 Å². The minimum absolute atomic E-state index is 0.465. The second-order valence-electron chi connectivity index (χ2n) is 2.83. The molecule has 3 nitrogen and oxygen atoms in total. The lowest BCUT2D eigenvalue weighted by molar-refractivity contribution is 0.123. The van der Waals surface area contributed by atoms with Gasteiger partial charge in [0.25, 0.3) is 0 Å². The monoisotopic (exact) mass is 260 g/mol. The Kier molecular flexibility index (Phi) is 4.08. The van der Waals surface area contributed by atoms with Crippen LogP contribution in [0, 0.1) is 0 Å². The van der Waals surface area contributed by atoms with Gasteiger partial charge >= 0.3 is 0 Å². The molecule has 0 saturated heterocycles. The number of rotatable bonds is 5. The van der Waals surface area contributed by atoms with Crippen molar-refractivity contribution in [1.82, 2.24) is 10.2 Å². The van der Waals surface area contributed by atoms with Gasteiger partial charge < -0.3 is 4.74 Å². The highest BCUT2D eigenvalue weighted by atomic mass is 35.5. The van der Waals surface area contributed by atoms with E-state index in [0.717, 1.165) is 11.4 Å². The van der Waals surface area contributed by atoms with Gasteiger partial charge in [0.2, 0.25) is 4.47 Å². The van der Waals surface area contributed by atoms with Crippen molar-refractivity contribution in [1.29, 1.82) is 0 Å². The van der Waals surface area contributed by atoms with Crippen LogP contribution in [-0.2, 0) is 17.8 Å². The fourth-order valence-corrected chi connectivity index (χ4v) is 2.57. The molecule has 6 heteroatoms. The Balaban J connectivity index is 1.67. The van der Waals surface area contributed by atoms with Gasteiger partial charge in [-0.3, -0.25) is 0 Å². The largest absolute Gasteiger partial charge is 0.374 e. The van der Waals surface area contributed by atoms with Crippen LogP contribution in [0.15, 0.2) is 17.5 Å². The smallest absolute Gasteiger partial charge is 0.207 e. The molecule has 0 N–H and O–H groups in total. The van der Waals surface area contributed by atoms with Gasteiger partial charge in [-0.15, -0.1) is 21.5 Å². The van der Waals surface area contributed by atoms with E-state index in [-0.39, 0.29) is 0 Å². The van der Waals surface area contributed by atoms with Crippen molar-refractivity contribution in [2.75, 3.05) is 6.61 Å². The van der Waals surface area contributed by atoms with E-state index in [2.05, 4.69) is 21.6 Å². The molecular weight excluding hydrogens is 252 g/mol. The first-order valence-corrected chi connectivity index (χ1v) is 6.50. The van der Waals surface area contributed by atoms with Crippen LogP contribution < -0.4 is 0 Å². The van der Waals surface area contributed by atoms with Crippen LogP contribution in [0.4, 0.5) is 0 Å². The minimum atomic E-state index is 0.465. The highest BCUT2D eigenvalue weighted by Crippen LogP contribution is 2.15. The molecule has 0 amide bonds. The Bertz CT molecular complexity index is 402. The molecule has 0 aromatic carbocycles. The van der Waals surface area contributed by atoms with Gasteiger partial charge in [-0.25, -0.2) is 0 Å². The molecule has 0 aliphatic heterocycles. The Morgan fingerprint density at radius 2 is 2.33 bits per heavy atom. The molecule has 2 aromatic heterocycles. The topological polar surface area (TPSA) is 35.0 Å². The third kappa shape index (κ3) is 3.53. The zero-order chi connectivity index (χ0) is 10.5. The molecule has 0 unspecified atom stereocenters. The molecule has 2 aromatic rings. The van der Waals surface area contributed by atoms with Crippen molar-refractivity contribution >= 4 is 34.3 Å². The van der Waals surface area contributed by atoms with Crippen LogP contribution >= 0.6 is 34.3 Å². The lowest BCUT2D eigenvalue weighted by atomic mass is 10.4. The molecule has 80 valence electrons. The summed E-state index contributed by atoms with van der Waals surface area (Å²) in [5, 5.41) is 10.5. The van der Waals surface area contributed by atoms with E-state index in [9.17, 15) is 0 Å². The zero-order valence-corrected chi connectivity index (χ0v) is 10.2. The lowest BCUT2D eigenvalue weighted by Crippen LogP contribution is -1.97. The van der Waals surface area contributed by atoms with Gasteiger partial charge in [0, 0.05) is 11.3 Å². The molecule has 15 heavy (non-hydrogen) atoms. The molecule has 0 bridgehead atoms. The summed E-state index contributed by atoms with van der Waals surface area (Å²) < 4.78 is 5.93. The summed E-state index contributed by atoms with van der Waals surface area (Å²) in [7, 11) is 0. The number of hydrogen-bond donors (Lipinski definition) is 0.